The number of aliphatic imine (C=N–C) groups is 1. The van der Waals surface area contributed by atoms with Crippen LogP contribution in [0.15, 0.2) is 29.4 Å². The van der Waals surface area contributed by atoms with Crippen LogP contribution in [0.5, 0.6) is 0 Å². The van der Waals surface area contributed by atoms with Gasteiger partial charge in [0.1, 0.15) is 5.82 Å². The summed E-state index contributed by atoms with van der Waals surface area (Å²) in [6, 6.07) is 5.52. The molecular weight excluding hydrogens is 240 g/mol. The molecule has 0 amide bonds. The predicted molar refractivity (Wildman–Crippen MR) is 76.9 cm³/mol. The summed E-state index contributed by atoms with van der Waals surface area (Å²) in [6.45, 7) is 4.49. The van der Waals surface area contributed by atoms with Crippen molar-refractivity contribution in [2.24, 2.45) is 16.1 Å². The molecule has 0 aliphatic heterocycles. The SMILES string of the molecule is CC1(C)CCCC1(O)CN=C(N)Nc1ccccn1. The number of aromatic nitrogens is 1. The molecule has 1 aliphatic carbocycles. The molecule has 1 aromatic heterocycles. The van der Waals surface area contributed by atoms with Crippen molar-refractivity contribution in [3.8, 4) is 0 Å². The van der Waals surface area contributed by atoms with Crippen molar-refractivity contribution in [2.45, 2.75) is 38.7 Å². The van der Waals surface area contributed by atoms with Crippen LogP contribution in [0.4, 0.5) is 5.82 Å². The normalized spacial score (nSPS) is 26.4. The molecule has 1 aromatic rings. The second-order valence-electron chi connectivity index (χ2n) is 5.81. The van der Waals surface area contributed by atoms with Gasteiger partial charge in [-0.2, -0.15) is 0 Å². The number of nitrogens with two attached hydrogens (primary N) is 1. The zero-order chi connectivity index (χ0) is 13.9. The van der Waals surface area contributed by atoms with Crippen LogP contribution < -0.4 is 11.1 Å². The van der Waals surface area contributed by atoms with Crippen molar-refractivity contribution >= 4 is 11.8 Å². The van der Waals surface area contributed by atoms with E-state index >= 15 is 0 Å². The molecule has 0 saturated heterocycles. The minimum absolute atomic E-state index is 0.109. The number of hydrogen-bond acceptors (Lipinski definition) is 3. The van der Waals surface area contributed by atoms with E-state index in [1.807, 2.05) is 18.2 Å². The Bertz CT molecular complexity index is 458. The van der Waals surface area contributed by atoms with Gasteiger partial charge in [0.2, 0.25) is 0 Å². The molecule has 0 spiro atoms. The maximum atomic E-state index is 10.6. The summed E-state index contributed by atoms with van der Waals surface area (Å²) < 4.78 is 0. The third kappa shape index (κ3) is 3.04. The summed E-state index contributed by atoms with van der Waals surface area (Å²) >= 11 is 0. The zero-order valence-electron chi connectivity index (χ0n) is 11.6. The summed E-state index contributed by atoms with van der Waals surface area (Å²) in [5.74, 6) is 0.941. The number of guanidine groups is 1. The highest BCUT2D eigenvalue weighted by atomic mass is 16.3. The van der Waals surface area contributed by atoms with Gasteiger partial charge in [0.25, 0.3) is 0 Å². The quantitative estimate of drug-likeness (QED) is 0.572. The van der Waals surface area contributed by atoms with E-state index in [-0.39, 0.29) is 11.4 Å². The minimum Gasteiger partial charge on any atom is -0.387 e. The van der Waals surface area contributed by atoms with Gasteiger partial charge in [-0.05, 0) is 36.8 Å². The smallest absolute Gasteiger partial charge is 0.194 e. The van der Waals surface area contributed by atoms with Gasteiger partial charge in [-0.1, -0.05) is 19.9 Å². The summed E-state index contributed by atoms with van der Waals surface area (Å²) in [4.78, 5) is 8.37. The Morgan fingerprint density at radius 3 is 2.84 bits per heavy atom. The van der Waals surface area contributed by atoms with Crippen molar-refractivity contribution in [3.63, 3.8) is 0 Å². The fourth-order valence-corrected chi connectivity index (χ4v) is 2.51. The molecule has 104 valence electrons. The highest BCUT2D eigenvalue weighted by molar-refractivity contribution is 5.91. The number of anilines is 1. The van der Waals surface area contributed by atoms with E-state index in [4.69, 9.17) is 5.73 Å². The first kappa shape index (κ1) is 13.8. The average molecular weight is 262 g/mol. The average Bonchev–Trinajstić information content (AvgIpc) is 2.63. The van der Waals surface area contributed by atoms with Gasteiger partial charge >= 0.3 is 0 Å². The number of aliphatic hydroxyl groups is 1. The van der Waals surface area contributed by atoms with Crippen molar-refractivity contribution in [1.82, 2.24) is 4.98 Å². The van der Waals surface area contributed by atoms with E-state index in [1.54, 1.807) is 6.20 Å². The summed E-state index contributed by atoms with van der Waals surface area (Å²) in [6.07, 6.45) is 4.52. The Morgan fingerprint density at radius 1 is 1.47 bits per heavy atom. The highest BCUT2D eigenvalue weighted by Gasteiger charge is 2.47. The Morgan fingerprint density at radius 2 is 2.26 bits per heavy atom. The molecule has 2 rings (SSSR count). The molecule has 1 fully saturated rings. The second-order valence-corrected chi connectivity index (χ2v) is 5.81. The third-order valence-corrected chi connectivity index (χ3v) is 4.08. The van der Waals surface area contributed by atoms with E-state index in [9.17, 15) is 5.11 Å². The van der Waals surface area contributed by atoms with Crippen molar-refractivity contribution < 1.29 is 5.11 Å². The molecule has 19 heavy (non-hydrogen) atoms. The first-order valence-electron chi connectivity index (χ1n) is 6.63. The number of hydrogen-bond donors (Lipinski definition) is 3. The molecule has 1 atom stereocenters. The van der Waals surface area contributed by atoms with Crippen LogP contribution in [-0.2, 0) is 0 Å². The van der Waals surface area contributed by atoms with Crippen molar-refractivity contribution in [3.05, 3.63) is 24.4 Å². The Hall–Kier alpha value is -1.62. The van der Waals surface area contributed by atoms with Gasteiger partial charge in [0.15, 0.2) is 5.96 Å². The Labute approximate surface area is 114 Å². The third-order valence-electron chi connectivity index (χ3n) is 4.08. The molecule has 0 radical (unpaired) electrons. The van der Waals surface area contributed by atoms with Gasteiger partial charge in [0, 0.05) is 6.20 Å². The van der Waals surface area contributed by atoms with Gasteiger partial charge in [-0.25, -0.2) is 4.98 Å². The maximum absolute atomic E-state index is 10.6. The van der Waals surface area contributed by atoms with Gasteiger partial charge in [-0.15, -0.1) is 0 Å². The fourth-order valence-electron chi connectivity index (χ4n) is 2.51. The van der Waals surface area contributed by atoms with E-state index in [0.717, 1.165) is 19.3 Å². The lowest BCUT2D eigenvalue weighted by Crippen LogP contribution is -2.43. The van der Waals surface area contributed by atoms with Crippen LogP contribution in [0, 0.1) is 5.41 Å². The van der Waals surface area contributed by atoms with Crippen LogP contribution in [-0.4, -0.2) is 28.2 Å². The molecular formula is C14H22N4O. The maximum Gasteiger partial charge on any atom is 0.194 e. The Kier molecular flexibility index (Phi) is 3.75. The number of rotatable bonds is 3. The number of nitrogens with zero attached hydrogens (tertiary/aromatic N) is 2. The minimum atomic E-state index is -0.760. The molecule has 1 heterocycles. The molecule has 5 heteroatoms. The first-order valence-corrected chi connectivity index (χ1v) is 6.63. The largest absolute Gasteiger partial charge is 0.387 e. The van der Waals surface area contributed by atoms with Gasteiger partial charge in [0.05, 0.1) is 12.1 Å². The predicted octanol–water partition coefficient (Wildman–Crippen LogP) is 1.75. The van der Waals surface area contributed by atoms with Crippen LogP contribution in [0.3, 0.4) is 0 Å². The molecule has 5 nitrogen and oxygen atoms in total. The van der Waals surface area contributed by atoms with Crippen LogP contribution in [0.1, 0.15) is 33.1 Å². The lowest BCUT2D eigenvalue weighted by atomic mass is 9.78. The molecule has 4 N–H and O–H groups in total. The van der Waals surface area contributed by atoms with E-state index in [1.165, 1.54) is 0 Å². The molecule has 1 aliphatic rings. The molecule has 1 unspecified atom stereocenters. The van der Waals surface area contributed by atoms with E-state index in [0.29, 0.717) is 12.4 Å². The van der Waals surface area contributed by atoms with Crippen molar-refractivity contribution in [1.29, 1.82) is 0 Å². The standard InChI is InChI=1S/C14H22N4O/c1-13(2)7-5-8-14(13,19)10-17-12(15)18-11-6-3-4-9-16-11/h3-4,6,9,19H,5,7-8,10H2,1-2H3,(H3,15,16,17,18). The molecule has 0 aromatic carbocycles. The lowest BCUT2D eigenvalue weighted by Gasteiger charge is -2.35. The lowest BCUT2D eigenvalue weighted by molar-refractivity contribution is -0.0334. The fraction of sp³-hybridized carbons (Fsp3) is 0.571. The van der Waals surface area contributed by atoms with Gasteiger partial charge < -0.3 is 16.2 Å². The van der Waals surface area contributed by atoms with Crippen LogP contribution >= 0.6 is 0 Å². The van der Waals surface area contributed by atoms with E-state index < -0.39 is 5.60 Å². The topological polar surface area (TPSA) is 83.5 Å². The summed E-state index contributed by atoms with van der Waals surface area (Å²) in [5, 5.41) is 13.5. The van der Waals surface area contributed by atoms with Crippen LogP contribution in [0.2, 0.25) is 0 Å². The second kappa shape index (κ2) is 5.17. The first-order chi connectivity index (χ1) is 8.93. The summed E-state index contributed by atoms with van der Waals surface area (Å²) in [7, 11) is 0. The van der Waals surface area contributed by atoms with Crippen LogP contribution in [0.25, 0.3) is 0 Å². The summed E-state index contributed by atoms with van der Waals surface area (Å²) in [5.41, 5.74) is 4.95. The molecule has 0 bridgehead atoms. The Balaban J connectivity index is 1.99. The monoisotopic (exact) mass is 262 g/mol. The number of nitrogens with one attached hydrogen (secondary N) is 1. The van der Waals surface area contributed by atoms with E-state index in [2.05, 4.69) is 29.1 Å². The highest BCUT2D eigenvalue weighted by Crippen LogP contribution is 2.45. The molecule has 1 saturated carbocycles. The zero-order valence-corrected chi connectivity index (χ0v) is 11.6. The van der Waals surface area contributed by atoms with Crippen molar-refractivity contribution in [2.75, 3.05) is 11.9 Å². The van der Waals surface area contributed by atoms with Gasteiger partial charge in [-0.3, -0.25) is 4.99 Å². The number of pyridine rings is 1.